The summed E-state index contributed by atoms with van der Waals surface area (Å²) < 4.78 is 5.36. The van der Waals surface area contributed by atoms with Gasteiger partial charge in [0.25, 0.3) is 11.6 Å². The molecule has 114 valence electrons. The fourth-order valence-corrected chi connectivity index (χ4v) is 1.89. The Morgan fingerprint density at radius 3 is 2.50 bits per heavy atom. The maximum Gasteiger partial charge on any atom is 0.269 e. The molecule has 0 heterocycles. The molecule has 0 N–H and O–H groups in total. The number of hydrogen-bond donors (Lipinski definition) is 0. The van der Waals surface area contributed by atoms with Crippen molar-refractivity contribution in [2.24, 2.45) is 0 Å². The molecule has 2 aromatic carbocycles. The average Bonchev–Trinajstić information content (AvgIpc) is 2.52. The molecule has 0 saturated heterocycles. The summed E-state index contributed by atoms with van der Waals surface area (Å²) in [4.78, 5) is 23.7. The van der Waals surface area contributed by atoms with Crippen LogP contribution in [-0.4, -0.2) is 24.5 Å². The zero-order chi connectivity index (χ0) is 16.1. The van der Waals surface area contributed by atoms with Crippen molar-refractivity contribution in [2.75, 3.05) is 18.6 Å². The van der Waals surface area contributed by atoms with Gasteiger partial charge in [0.15, 0.2) is 6.61 Å². The SMILES string of the molecule is Cc1cccc(N(C)C(=O)COc2ccc([N+](=O)[O-])cc2)c1. The van der Waals surface area contributed by atoms with Crippen molar-refractivity contribution < 1.29 is 14.5 Å². The number of non-ortho nitro benzene ring substituents is 1. The number of benzene rings is 2. The highest BCUT2D eigenvalue weighted by molar-refractivity contribution is 5.93. The van der Waals surface area contributed by atoms with Crippen LogP contribution in [-0.2, 0) is 4.79 Å². The summed E-state index contributed by atoms with van der Waals surface area (Å²) in [6.45, 7) is 1.82. The van der Waals surface area contributed by atoms with Gasteiger partial charge < -0.3 is 9.64 Å². The number of amides is 1. The van der Waals surface area contributed by atoms with E-state index in [9.17, 15) is 14.9 Å². The Hall–Kier alpha value is -2.89. The van der Waals surface area contributed by atoms with Gasteiger partial charge in [-0.3, -0.25) is 14.9 Å². The van der Waals surface area contributed by atoms with Crippen molar-refractivity contribution >= 4 is 17.3 Å². The molecule has 0 aliphatic heterocycles. The Kier molecular flexibility index (Phi) is 4.73. The Bertz CT molecular complexity index is 683. The number of aryl methyl sites for hydroxylation is 1. The summed E-state index contributed by atoms with van der Waals surface area (Å²) in [6.07, 6.45) is 0. The number of anilines is 1. The van der Waals surface area contributed by atoms with Crippen LogP contribution in [0.5, 0.6) is 5.75 Å². The van der Waals surface area contributed by atoms with E-state index < -0.39 is 4.92 Å². The zero-order valence-corrected chi connectivity index (χ0v) is 12.4. The van der Waals surface area contributed by atoms with Crippen LogP contribution in [0.25, 0.3) is 0 Å². The summed E-state index contributed by atoms with van der Waals surface area (Å²) in [7, 11) is 1.68. The summed E-state index contributed by atoms with van der Waals surface area (Å²) in [5.74, 6) is 0.209. The van der Waals surface area contributed by atoms with E-state index in [4.69, 9.17) is 4.74 Å². The van der Waals surface area contributed by atoms with Crippen LogP contribution in [0.2, 0.25) is 0 Å². The molecule has 1 amide bonds. The van der Waals surface area contributed by atoms with E-state index in [0.29, 0.717) is 5.75 Å². The summed E-state index contributed by atoms with van der Waals surface area (Å²) in [5.41, 5.74) is 1.83. The molecule has 6 nitrogen and oxygen atoms in total. The second kappa shape index (κ2) is 6.71. The number of nitrogens with zero attached hydrogens (tertiary/aromatic N) is 2. The monoisotopic (exact) mass is 300 g/mol. The third-order valence-corrected chi connectivity index (χ3v) is 3.17. The van der Waals surface area contributed by atoms with Gasteiger partial charge in [-0.1, -0.05) is 12.1 Å². The number of hydrogen-bond acceptors (Lipinski definition) is 4. The van der Waals surface area contributed by atoms with Crippen LogP contribution in [0.1, 0.15) is 5.56 Å². The second-order valence-corrected chi connectivity index (χ2v) is 4.83. The van der Waals surface area contributed by atoms with E-state index in [-0.39, 0.29) is 18.2 Å². The molecule has 0 bridgehead atoms. The molecule has 6 heteroatoms. The predicted octanol–water partition coefficient (Wildman–Crippen LogP) is 2.95. The third kappa shape index (κ3) is 3.82. The van der Waals surface area contributed by atoms with Gasteiger partial charge in [0, 0.05) is 24.9 Å². The topological polar surface area (TPSA) is 72.7 Å². The van der Waals surface area contributed by atoms with Crippen molar-refractivity contribution in [2.45, 2.75) is 6.92 Å². The van der Waals surface area contributed by atoms with Gasteiger partial charge in [-0.2, -0.15) is 0 Å². The fourth-order valence-electron chi connectivity index (χ4n) is 1.89. The van der Waals surface area contributed by atoms with E-state index in [2.05, 4.69) is 0 Å². The van der Waals surface area contributed by atoms with Crippen molar-refractivity contribution in [1.82, 2.24) is 0 Å². The third-order valence-electron chi connectivity index (χ3n) is 3.17. The molecule has 22 heavy (non-hydrogen) atoms. The average molecular weight is 300 g/mol. The number of nitro groups is 1. The van der Waals surface area contributed by atoms with E-state index in [0.717, 1.165) is 11.3 Å². The first-order valence-corrected chi connectivity index (χ1v) is 6.68. The number of likely N-dealkylation sites (N-methyl/N-ethyl adjacent to an activating group) is 1. The standard InChI is InChI=1S/C16H16N2O4/c1-12-4-3-5-14(10-12)17(2)16(19)11-22-15-8-6-13(7-9-15)18(20)21/h3-10H,11H2,1-2H3. The quantitative estimate of drug-likeness (QED) is 0.628. The van der Waals surface area contributed by atoms with Gasteiger partial charge in [0.2, 0.25) is 0 Å². The molecule has 0 aliphatic carbocycles. The van der Waals surface area contributed by atoms with Crippen LogP contribution < -0.4 is 9.64 Å². The van der Waals surface area contributed by atoms with Crippen molar-refractivity contribution in [3.05, 3.63) is 64.2 Å². The number of nitro benzene ring substituents is 1. The minimum Gasteiger partial charge on any atom is -0.484 e. The lowest BCUT2D eigenvalue weighted by atomic mass is 10.2. The van der Waals surface area contributed by atoms with Crippen LogP contribution in [0, 0.1) is 17.0 Å². The lowest BCUT2D eigenvalue weighted by Gasteiger charge is -2.18. The smallest absolute Gasteiger partial charge is 0.269 e. The van der Waals surface area contributed by atoms with E-state index in [1.165, 1.54) is 29.2 Å². The Morgan fingerprint density at radius 1 is 1.23 bits per heavy atom. The molecule has 2 aromatic rings. The number of carbonyl (C=O) groups is 1. The molecule has 0 spiro atoms. The number of ether oxygens (including phenoxy) is 1. The Labute approximate surface area is 128 Å². The summed E-state index contributed by atoms with van der Waals surface area (Å²) >= 11 is 0. The van der Waals surface area contributed by atoms with E-state index in [1.54, 1.807) is 7.05 Å². The van der Waals surface area contributed by atoms with Crippen LogP contribution in [0.4, 0.5) is 11.4 Å². The summed E-state index contributed by atoms with van der Waals surface area (Å²) in [6, 6.07) is 13.2. The van der Waals surface area contributed by atoms with Gasteiger partial charge in [-0.25, -0.2) is 0 Å². The van der Waals surface area contributed by atoms with E-state index >= 15 is 0 Å². The minimum atomic E-state index is -0.486. The molecule has 0 radical (unpaired) electrons. The second-order valence-electron chi connectivity index (χ2n) is 4.83. The largest absolute Gasteiger partial charge is 0.484 e. The first kappa shape index (κ1) is 15.5. The first-order valence-electron chi connectivity index (χ1n) is 6.68. The van der Waals surface area contributed by atoms with Crippen LogP contribution in [0.3, 0.4) is 0 Å². The zero-order valence-electron chi connectivity index (χ0n) is 12.4. The van der Waals surface area contributed by atoms with Crippen LogP contribution in [0.15, 0.2) is 48.5 Å². The van der Waals surface area contributed by atoms with Gasteiger partial charge in [-0.15, -0.1) is 0 Å². The molecular weight excluding hydrogens is 284 g/mol. The molecular formula is C16H16N2O4. The molecule has 0 fully saturated rings. The van der Waals surface area contributed by atoms with Gasteiger partial charge >= 0.3 is 0 Å². The lowest BCUT2D eigenvalue weighted by molar-refractivity contribution is -0.384. The van der Waals surface area contributed by atoms with Crippen LogP contribution >= 0.6 is 0 Å². The van der Waals surface area contributed by atoms with Crippen molar-refractivity contribution in [3.8, 4) is 5.75 Å². The molecule has 2 rings (SSSR count). The molecule has 0 aromatic heterocycles. The first-order chi connectivity index (χ1) is 10.5. The Balaban J connectivity index is 1.96. The normalized spacial score (nSPS) is 10.1. The maximum atomic E-state index is 12.1. The molecule has 0 unspecified atom stereocenters. The minimum absolute atomic E-state index is 0.0180. The van der Waals surface area contributed by atoms with E-state index in [1.807, 2.05) is 31.2 Å². The highest BCUT2D eigenvalue weighted by Gasteiger charge is 2.12. The van der Waals surface area contributed by atoms with Crippen molar-refractivity contribution in [3.63, 3.8) is 0 Å². The lowest BCUT2D eigenvalue weighted by Crippen LogP contribution is -2.31. The maximum absolute atomic E-state index is 12.1. The van der Waals surface area contributed by atoms with Gasteiger partial charge in [-0.05, 0) is 36.8 Å². The van der Waals surface area contributed by atoms with Gasteiger partial charge in [0.05, 0.1) is 4.92 Å². The molecule has 0 saturated carbocycles. The Morgan fingerprint density at radius 2 is 1.91 bits per heavy atom. The highest BCUT2D eigenvalue weighted by Crippen LogP contribution is 2.18. The summed E-state index contributed by atoms with van der Waals surface area (Å²) in [5, 5.41) is 10.6. The van der Waals surface area contributed by atoms with Gasteiger partial charge in [0.1, 0.15) is 5.75 Å². The van der Waals surface area contributed by atoms with Crippen molar-refractivity contribution in [1.29, 1.82) is 0 Å². The number of rotatable bonds is 5. The molecule has 0 aliphatic rings. The highest BCUT2D eigenvalue weighted by atomic mass is 16.6. The molecule has 0 atom stereocenters. The fraction of sp³-hybridized carbons (Fsp3) is 0.188. The number of carbonyl (C=O) groups excluding carboxylic acids is 1. The predicted molar refractivity (Wildman–Crippen MR) is 83.2 cm³/mol.